The molecule has 2 rings (SSSR count). The highest BCUT2D eigenvalue weighted by Gasteiger charge is 2.24. The molecule has 0 aromatic heterocycles. The molecule has 0 atom stereocenters. The first kappa shape index (κ1) is 19.8. The molecule has 0 heterocycles. The van der Waals surface area contributed by atoms with Crippen molar-refractivity contribution in [2.75, 3.05) is 26.5 Å². The van der Waals surface area contributed by atoms with Crippen LogP contribution in [0.1, 0.15) is 25.7 Å². The van der Waals surface area contributed by atoms with Gasteiger partial charge in [0.25, 0.3) is 5.91 Å². The molecule has 2 N–H and O–H groups in total. The Morgan fingerprint density at radius 3 is 2.12 bits per heavy atom. The number of anilines is 1. The summed E-state index contributed by atoms with van der Waals surface area (Å²) in [6, 6.07) is 2.78. The van der Waals surface area contributed by atoms with Crippen LogP contribution in [-0.2, 0) is 9.59 Å². The van der Waals surface area contributed by atoms with Gasteiger partial charge in [-0.1, -0.05) is 0 Å². The van der Waals surface area contributed by atoms with E-state index in [1.165, 1.54) is 0 Å². The highest BCUT2D eigenvalue weighted by Crippen LogP contribution is 2.26. The first-order valence-electron chi connectivity index (χ1n) is 7.55. The van der Waals surface area contributed by atoms with E-state index in [-0.39, 0.29) is 16.8 Å². The summed E-state index contributed by atoms with van der Waals surface area (Å²) in [6.45, 7) is 0. The number of benzene rings is 1. The quantitative estimate of drug-likeness (QED) is 0.887. The van der Waals surface area contributed by atoms with Gasteiger partial charge in [-0.05, 0) is 59.0 Å². The maximum atomic E-state index is 13.4. The molecule has 0 fully saturated rings. The molecule has 24 heavy (non-hydrogen) atoms. The number of aliphatic carboxylic acids is 1. The van der Waals surface area contributed by atoms with E-state index in [1.54, 1.807) is 0 Å². The standard InChI is InChI=1S/C14H13F2NO3.C3H9N/c15-8-5-6-12(11(16)7-8)17-13(18)9-3-1-2-4-10(9)14(19)20;1-4(2)3/h5-7H,1-4H2,(H,17,18)(H,19,20);1-3H3. The van der Waals surface area contributed by atoms with Crippen molar-refractivity contribution in [2.45, 2.75) is 25.7 Å². The van der Waals surface area contributed by atoms with Gasteiger partial charge >= 0.3 is 5.97 Å². The zero-order valence-electron chi connectivity index (χ0n) is 14.0. The number of carboxylic acid groups (broad SMARTS) is 1. The van der Waals surface area contributed by atoms with E-state index in [4.69, 9.17) is 5.11 Å². The number of hydrogen-bond donors (Lipinski definition) is 2. The first-order valence-corrected chi connectivity index (χ1v) is 7.55. The molecule has 0 aliphatic heterocycles. The van der Waals surface area contributed by atoms with Crippen molar-refractivity contribution in [2.24, 2.45) is 0 Å². The Bertz CT molecular complexity index is 640. The maximum absolute atomic E-state index is 13.4. The number of carbonyl (C=O) groups excluding carboxylic acids is 1. The van der Waals surface area contributed by atoms with Gasteiger partial charge in [-0.3, -0.25) is 4.79 Å². The van der Waals surface area contributed by atoms with Crippen molar-refractivity contribution in [3.05, 3.63) is 41.0 Å². The van der Waals surface area contributed by atoms with E-state index in [1.807, 2.05) is 26.0 Å². The van der Waals surface area contributed by atoms with Crippen LogP contribution in [0.5, 0.6) is 0 Å². The largest absolute Gasteiger partial charge is 0.478 e. The molecule has 1 aromatic carbocycles. The zero-order chi connectivity index (χ0) is 18.3. The number of carbonyl (C=O) groups is 2. The van der Waals surface area contributed by atoms with Gasteiger partial charge in [-0.2, -0.15) is 0 Å². The normalized spacial score (nSPS) is 14.1. The molecule has 132 valence electrons. The summed E-state index contributed by atoms with van der Waals surface area (Å²) in [5.74, 6) is -3.42. The number of hydrogen-bond acceptors (Lipinski definition) is 3. The minimum absolute atomic E-state index is 0.0660. The molecule has 1 aromatic rings. The fourth-order valence-corrected chi connectivity index (χ4v) is 2.18. The van der Waals surface area contributed by atoms with Gasteiger partial charge in [0.1, 0.15) is 11.6 Å². The first-order chi connectivity index (χ1) is 11.2. The molecule has 1 amide bonds. The average Bonchev–Trinajstić information content (AvgIpc) is 2.49. The summed E-state index contributed by atoms with van der Waals surface area (Å²) >= 11 is 0. The van der Waals surface area contributed by atoms with Crippen LogP contribution in [0.3, 0.4) is 0 Å². The minimum atomic E-state index is -1.13. The van der Waals surface area contributed by atoms with Crippen LogP contribution in [0.15, 0.2) is 29.3 Å². The SMILES string of the molecule is CN(C)C.O=C(O)C1=C(C(=O)Nc2ccc(F)cc2F)CCCC1. The molecule has 0 unspecified atom stereocenters. The van der Waals surface area contributed by atoms with Gasteiger partial charge in [0.15, 0.2) is 0 Å². The lowest BCUT2D eigenvalue weighted by Crippen LogP contribution is -2.21. The van der Waals surface area contributed by atoms with Crippen molar-refractivity contribution < 1.29 is 23.5 Å². The summed E-state index contributed by atoms with van der Waals surface area (Å²) in [7, 11) is 6.00. The molecule has 0 bridgehead atoms. The van der Waals surface area contributed by atoms with Crippen molar-refractivity contribution in [3.63, 3.8) is 0 Å². The molecule has 5 nitrogen and oxygen atoms in total. The van der Waals surface area contributed by atoms with Gasteiger partial charge in [0.2, 0.25) is 0 Å². The molecule has 7 heteroatoms. The van der Waals surface area contributed by atoms with Crippen LogP contribution in [0.2, 0.25) is 0 Å². The van der Waals surface area contributed by atoms with E-state index < -0.39 is 23.5 Å². The lowest BCUT2D eigenvalue weighted by Gasteiger charge is -2.17. The molecule has 0 spiro atoms. The average molecular weight is 340 g/mol. The second-order valence-electron chi connectivity index (χ2n) is 5.89. The molecule has 1 aliphatic rings. The van der Waals surface area contributed by atoms with E-state index >= 15 is 0 Å². The Morgan fingerprint density at radius 2 is 1.62 bits per heavy atom. The van der Waals surface area contributed by atoms with Gasteiger partial charge in [-0.15, -0.1) is 0 Å². The monoisotopic (exact) mass is 340 g/mol. The van der Waals surface area contributed by atoms with Crippen LogP contribution in [0, 0.1) is 11.6 Å². The Kier molecular flexibility index (Phi) is 7.51. The second kappa shape index (κ2) is 9.12. The third-order valence-electron chi connectivity index (χ3n) is 3.18. The van der Waals surface area contributed by atoms with Gasteiger partial charge in [0.05, 0.1) is 5.69 Å². The van der Waals surface area contributed by atoms with Crippen LogP contribution in [0.25, 0.3) is 0 Å². The predicted molar refractivity (Wildman–Crippen MR) is 87.7 cm³/mol. The van der Waals surface area contributed by atoms with Crippen molar-refractivity contribution in [1.29, 1.82) is 0 Å². The topological polar surface area (TPSA) is 69.6 Å². The van der Waals surface area contributed by atoms with Gasteiger partial charge in [-0.25, -0.2) is 13.6 Å². The summed E-state index contributed by atoms with van der Waals surface area (Å²) in [6.07, 6.45) is 2.09. The van der Waals surface area contributed by atoms with E-state index in [0.29, 0.717) is 31.7 Å². The highest BCUT2D eigenvalue weighted by atomic mass is 19.1. The lowest BCUT2D eigenvalue weighted by atomic mass is 9.91. The smallest absolute Gasteiger partial charge is 0.332 e. The van der Waals surface area contributed by atoms with Crippen LogP contribution >= 0.6 is 0 Å². The third kappa shape index (κ3) is 6.08. The molecular weight excluding hydrogens is 318 g/mol. The summed E-state index contributed by atoms with van der Waals surface area (Å²) in [5.41, 5.74) is 0.0583. The van der Waals surface area contributed by atoms with Crippen LogP contribution in [-0.4, -0.2) is 43.0 Å². The third-order valence-corrected chi connectivity index (χ3v) is 3.18. The molecule has 0 saturated carbocycles. The molecular formula is C17H22F2N2O3. The number of carboxylic acids is 1. The summed E-state index contributed by atoms with van der Waals surface area (Å²) in [5, 5.41) is 11.3. The summed E-state index contributed by atoms with van der Waals surface area (Å²) in [4.78, 5) is 25.1. The predicted octanol–water partition coefficient (Wildman–Crippen LogP) is 3.04. The van der Waals surface area contributed by atoms with E-state index in [2.05, 4.69) is 5.32 Å². The minimum Gasteiger partial charge on any atom is -0.478 e. The Labute approximate surface area is 140 Å². The highest BCUT2D eigenvalue weighted by molar-refractivity contribution is 6.08. The van der Waals surface area contributed by atoms with E-state index in [0.717, 1.165) is 12.1 Å². The fourth-order valence-electron chi connectivity index (χ4n) is 2.18. The Morgan fingerprint density at radius 1 is 1.08 bits per heavy atom. The van der Waals surface area contributed by atoms with Gasteiger partial charge in [0, 0.05) is 17.2 Å². The zero-order valence-corrected chi connectivity index (χ0v) is 14.0. The number of rotatable bonds is 3. The van der Waals surface area contributed by atoms with Crippen LogP contribution in [0.4, 0.5) is 14.5 Å². The Balaban J connectivity index is 0.000000648. The number of halogens is 2. The maximum Gasteiger partial charge on any atom is 0.332 e. The number of nitrogens with zero attached hydrogens (tertiary/aromatic N) is 1. The molecule has 1 aliphatic carbocycles. The van der Waals surface area contributed by atoms with E-state index in [9.17, 15) is 18.4 Å². The number of nitrogens with one attached hydrogen (secondary N) is 1. The van der Waals surface area contributed by atoms with Crippen LogP contribution < -0.4 is 5.32 Å². The number of amides is 1. The molecule has 0 saturated heterocycles. The van der Waals surface area contributed by atoms with Crippen molar-refractivity contribution in [3.8, 4) is 0 Å². The fraction of sp³-hybridized carbons (Fsp3) is 0.412. The summed E-state index contributed by atoms with van der Waals surface area (Å²) < 4.78 is 26.2. The Hall–Kier alpha value is -2.28. The van der Waals surface area contributed by atoms with Crippen molar-refractivity contribution in [1.82, 2.24) is 4.90 Å². The second-order valence-corrected chi connectivity index (χ2v) is 5.89. The lowest BCUT2D eigenvalue weighted by molar-refractivity contribution is -0.133. The molecule has 0 radical (unpaired) electrons. The van der Waals surface area contributed by atoms with Crippen molar-refractivity contribution >= 4 is 17.6 Å². The van der Waals surface area contributed by atoms with Gasteiger partial charge < -0.3 is 15.3 Å².